The summed E-state index contributed by atoms with van der Waals surface area (Å²) in [6.07, 6.45) is 5.55. The minimum Gasteiger partial charge on any atom is -0.457 e. The zero-order chi connectivity index (χ0) is 16.5. The zero-order valence-corrected chi connectivity index (χ0v) is 14.6. The van der Waals surface area contributed by atoms with Crippen molar-refractivity contribution in [1.29, 1.82) is 0 Å². The van der Waals surface area contributed by atoms with E-state index in [0.717, 1.165) is 32.1 Å². The Morgan fingerprint density at radius 1 is 1.10 bits per heavy atom. The van der Waals surface area contributed by atoms with Gasteiger partial charge in [-0.3, -0.25) is 4.79 Å². The lowest BCUT2D eigenvalue weighted by atomic mass is 9.91. The van der Waals surface area contributed by atoms with Crippen molar-refractivity contribution in [2.75, 3.05) is 6.61 Å². The number of rotatable bonds is 6. The highest BCUT2D eigenvalue weighted by Gasteiger charge is 2.36. The smallest absolute Gasteiger partial charge is 0.344 e. The van der Waals surface area contributed by atoms with E-state index in [0.29, 0.717) is 6.42 Å². The van der Waals surface area contributed by atoms with Crippen molar-refractivity contribution < 1.29 is 19.1 Å². The Morgan fingerprint density at radius 3 is 2.05 bits per heavy atom. The fourth-order valence-corrected chi connectivity index (χ4v) is 2.28. The number of hydrogen-bond donors (Lipinski definition) is 0. The highest BCUT2D eigenvalue weighted by molar-refractivity contribution is 5.79. The van der Waals surface area contributed by atoms with Gasteiger partial charge in [-0.05, 0) is 52.4 Å². The summed E-state index contributed by atoms with van der Waals surface area (Å²) in [5.74, 6) is -0.770. The minimum absolute atomic E-state index is 0.274. The average molecular weight is 300 g/mol. The number of carbonyl (C=O) groups excluding carboxylic acids is 2. The molecule has 0 aromatic heterocycles. The Morgan fingerprint density at radius 2 is 1.62 bits per heavy atom. The van der Waals surface area contributed by atoms with Crippen molar-refractivity contribution in [1.82, 2.24) is 0 Å². The van der Waals surface area contributed by atoms with E-state index in [1.807, 2.05) is 41.5 Å². The van der Waals surface area contributed by atoms with Gasteiger partial charge in [0.2, 0.25) is 0 Å². The summed E-state index contributed by atoms with van der Waals surface area (Å²) in [6, 6.07) is 0. The molecular weight excluding hydrogens is 268 g/mol. The molecule has 0 aromatic rings. The molecule has 0 radical (unpaired) electrons. The molecule has 0 atom stereocenters. The van der Waals surface area contributed by atoms with Gasteiger partial charge in [0.1, 0.15) is 5.60 Å². The van der Waals surface area contributed by atoms with Gasteiger partial charge in [-0.25, -0.2) is 4.79 Å². The maximum atomic E-state index is 11.8. The molecule has 0 heterocycles. The van der Waals surface area contributed by atoms with Gasteiger partial charge in [0, 0.05) is 0 Å². The summed E-state index contributed by atoms with van der Waals surface area (Å²) in [5, 5.41) is 0. The third-order valence-corrected chi connectivity index (χ3v) is 4.25. The summed E-state index contributed by atoms with van der Waals surface area (Å²) < 4.78 is 10.6. The van der Waals surface area contributed by atoms with Crippen LogP contribution in [0, 0.1) is 5.41 Å². The summed E-state index contributed by atoms with van der Waals surface area (Å²) in [6.45, 7) is 11.3. The monoisotopic (exact) mass is 300 g/mol. The molecule has 21 heavy (non-hydrogen) atoms. The average Bonchev–Trinajstić information content (AvgIpc) is 2.95. The molecule has 4 nitrogen and oxygen atoms in total. The lowest BCUT2D eigenvalue weighted by Gasteiger charge is -2.28. The largest absolute Gasteiger partial charge is 0.457 e. The van der Waals surface area contributed by atoms with Crippen LogP contribution in [-0.2, 0) is 19.1 Å². The van der Waals surface area contributed by atoms with Crippen LogP contribution in [0.2, 0.25) is 0 Å². The first-order valence-electron chi connectivity index (χ1n) is 8.24. The van der Waals surface area contributed by atoms with Gasteiger partial charge in [0.05, 0.1) is 5.41 Å². The summed E-state index contributed by atoms with van der Waals surface area (Å²) >= 11 is 0. The Labute approximate surface area is 129 Å². The van der Waals surface area contributed by atoms with E-state index in [1.165, 1.54) is 0 Å². The summed E-state index contributed by atoms with van der Waals surface area (Å²) in [7, 11) is 0. The van der Waals surface area contributed by atoms with Crippen LogP contribution in [0.25, 0.3) is 0 Å². The topological polar surface area (TPSA) is 52.6 Å². The number of ether oxygens (including phenoxy) is 2. The van der Waals surface area contributed by atoms with Crippen molar-refractivity contribution in [2.45, 2.75) is 85.7 Å². The van der Waals surface area contributed by atoms with Crippen LogP contribution in [0.4, 0.5) is 0 Å². The lowest BCUT2D eigenvalue weighted by Crippen LogP contribution is -2.34. The molecule has 1 aliphatic rings. The normalized spacial score (nSPS) is 16.7. The van der Waals surface area contributed by atoms with Crippen LogP contribution >= 0.6 is 0 Å². The second kappa shape index (κ2) is 9.06. The zero-order valence-electron chi connectivity index (χ0n) is 14.6. The predicted octanol–water partition coefficient (Wildman–Crippen LogP) is 4.26. The van der Waals surface area contributed by atoms with Gasteiger partial charge in [-0.15, -0.1) is 0 Å². The summed E-state index contributed by atoms with van der Waals surface area (Å²) in [5.41, 5.74) is -0.861. The van der Waals surface area contributed by atoms with Crippen molar-refractivity contribution in [3.05, 3.63) is 0 Å². The molecule has 0 aromatic carbocycles. The van der Waals surface area contributed by atoms with E-state index in [2.05, 4.69) is 0 Å². The molecule has 1 fully saturated rings. The van der Waals surface area contributed by atoms with Gasteiger partial charge in [0.15, 0.2) is 6.61 Å². The van der Waals surface area contributed by atoms with Crippen molar-refractivity contribution in [3.63, 3.8) is 0 Å². The van der Waals surface area contributed by atoms with E-state index in [4.69, 9.17) is 9.47 Å². The van der Waals surface area contributed by atoms with E-state index < -0.39 is 11.4 Å². The van der Waals surface area contributed by atoms with E-state index in [9.17, 15) is 9.59 Å². The fraction of sp³-hybridized carbons (Fsp3) is 0.882. The van der Waals surface area contributed by atoms with Crippen molar-refractivity contribution in [3.8, 4) is 0 Å². The van der Waals surface area contributed by atoms with Gasteiger partial charge in [-0.1, -0.05) is 27.7 Å². The maximum absolute atomic E-state index is 11.8. The van der Waals surface area contributed by atoms with E-state index in [1.54, 1.807) is 0 Å². The standard InChI is InChI=1S/C15H26O4.C2H6/c1-5-14(3,4)13(17)18-11-12(16)19-15(6-2)9-7-8-10-15;1-2/h5-11H2,1-4H3;1-2H3. The molecule has 0 saturated heterocycles. The Balaban J connectivity index is 0.00000191. The van der Waals surface area contributed by atoms with Gasteiger partial charge < -0.3 is 9.47 Å². The fourth-order valence-electron chi connectivity index (χ4n) is 2.28. The molecule has 1 rings (SSSR count). The van der Waals surface area contributed by atoms with Crippen molar-refractivity contribution in [2.24, 2.45) is 5.41 Å². The Bertz CT molecular complexity index is 328. The number of esters is 2. The second-order valence-electron chi connectivity index (χ2n) is 6.03. The third-order valence-electron chi connectivity index (χ3n) is 4.25. The molecule has 0 aliphatic heterocycles. The molecule has 0 spiro atoms. The van der Waals surface area contributed by atoms with Crippen LogP contribution in [0.5, 0.6) is 0 Å². The molecular formula is C17H32O4. The Kier molecular flexibility index (Phi) is 8.60. The quantitative estimate of drug-likeness (QED) is 0.688. The molecule has 0 amide bonds. The van der Waals surface area contributed by atoms with Crippen LogP contribution in [-0.4, -0.2) is 24.1 Å². The van der Waals surface area contributed by atoms with Crippen LogP contribution in [0.3, 0.4) is 0 Å². The predicted molar refractivity (Wildman–Crippen MR) is 84.0 cm³/mol. The highest BCUT2D eigenvalue weighted by atomic mass is 16.6. The highest BCUT2D eigenvalue weighted by Crippen LogP contribution is 2.36. The third kappa shape index (κ3) is 6.06. The van der Waals surface area contributed by atoms with Gasteiger partial charge in [-0.2, -0.15) is 0 Å². The van der Waals surface area contributed by atoms with Gasteiger partial charge in [0.25, 0.3) is 0 Å². The first-order chi connectivity index (χ1) is 9.85. The first-order valence-corrected chi connectivity index (χ1v) is 8.24. The molecule has 1 saturated carbocycles. The number of carbonyl (C=O) groups is 2. The second-order valence-corrected chi connectivity index (χ2v) is 6.03. The van der Waals surface area contributed by atoms with Crippen LogP contribution < -0.4 is 0 Å². The van der Waals surface area contributed by atoms with Gasteiger partial charge >= 0.3 is 11.9 Å². The molecule has 124 valence electrons. The van der Waals surface area contributed by atoms with E-state index in [-0.39, 0.29) is 18.2 Å². The molecule has 4 heteroatoms. The first kappa shape index (κ1) is 19.9. The van der Waals surface area contributed by atoms with E-state index >= 15 is 0 Å². The van der Waals surface area contributed by atoms with Crippen LogP contribution in [0.1, 0.15) is 80.1 Å². The number of hydrogen-bond acceptors (Lipinski definition) is 4. The molecule has 0 N–H and O–H groups in total. The van der Waals surface area contributed by atoms with Crippen molar-refractivity contribution >= 4 is 11.9 Å². The minimum atomic E-state index is -0.546. The molecule has 0 bridgehead atoms. The van der Waals surface area contributed by atoms with Crippen LogP contribution in [0.15, 0.2) is 0 Å². The SMILES string of the molecule is CC.CCC1(OC(=O)COC(=O)C(C)(C)CC)CCCC1. The molecule has 0 unspecified atom stereocenters. The molecule has 1 aliphatic carbocycles. The lowest BCUT2D eigenvalue weighted by molar-refractivity contribution is -0.173. The maximum Gasteiger partial charge on any atom is 0.344 e. The Hall–Kier alpha value is -1.06. The summed E-state index contributed by atoms with van der Waals surface area (Å²) in [4.78, 5) is 23.5.